The number of aromatic amines is 1. The SMILES string of the molecule is Cc1ccc(C[C@H](CO)Nc2ncnc3[nH]ccc23)cc1. The lowest BCUT2D eigenvalue weighted by Gasteiger charge is -2.17. The molecular weight excluding hydrogens is 264 g/mol. The Morgan fingerprint density at radius 1 is 1.19 bits per heavy atom. The highest BCUT2D eigenvalue weighted by Crippen LogP contribution is 2.19. The molecule has 0 saturated heterocycles. The number of fused-ring (bicyclic) bond motifs is 1. The molecule has 2 heterocycles. The maximum absolute atomic E-state index is 9.61. The summed E-state index contributed by atoms with van der Waals surface area (Å²) < 4.78 is 0. The third-order valence-electron chi connectivity index (χ3n) is 3.52. The summed E-state index contributed by atoms with van der Waals surface area (Å²) in [6.45, 7) is 2.11. The number of hydrogen-bond acceptors (Lipinski definition) is 4. The first-order chi connectivity index (χ1) is 10.3. The number of nitrogens with zero attached hydrogens (tertiary/aromatic N) is 2. The number of rotatable bonds is 5. The standard InChI is InChI=1S/C16H18N4O/c1-11-2-4-12(5-3-11)8-13(9-21)20-16-14-6-7-17-15(14)18-10-19-16/h2-7,10,13,21H,8-9H2,1H3,(H2,17,18,19,20)/t13-/m1/s1. The quantitative estimate of drug-likeness (QED) is 0.671. The topological polar surface area (TPSA) is 73.8 Å². The Balaban J connectivity index is 1.78. The molecule has 3 rings (SSSR count). The van der Waals surface area contributed by atoms with Crippen LogP contribution in [0.25, 0.3) is 11.0 Å². The fourth-order valence-corrected chi connectivity index (χ4v) is 2.35. The molecule has 0 aliphatic carbocycles. The fourth-order valence-electron chi connectivity index (χ4n) is 2.35. The van der Waals surface area contributed by atoms with Crippen LogP contribution in [0.2, 0.25) is 0 Å². The Morgan fingerprint density at radius 3 is 2.76 bits per heavy atom. The molecule has 0 unspecified atom stereocenters. The molecule has 0 fully saturated rings. The number of aromatic nitrogens is 3. The zero-order valence-corrected chi connectivity index (χ0v) is 11.9. The molecule has 3 N–H and O–H groups in total. The van der Waals surface area contributed by atoms with Gasteiger partial charge in [0.05, 0.1) is 18.0 Å². The van der Waals surface area contributed by atoms with Gasteiger partial charge in [-0.2, -0.15) is 0 Å². The molecule has 0 aliphatic rings. The zero-order valence-electron chi connectivity index (χ0n) is 11.9. The van der Waals surface area contributed by atoms with E-state index in [4.69, 9.17) is 0 Å². The lowest BCUT2D eigenvalue weighted by Crippen LogP contribution is -2.27. The van der Waals surface area contributed by atoms with Crippen molar-refractivity contribution in [1.29, 1.82) is 0 Å². The van der Waals surface area contributed by atoms with Crippen LogP contribution in [0, 0.1) is 6.92 Å². The van der Waals surface area contributed by atoms with Gasteiger partial charge in [0.2, 0.25) is 0 Å². The van der Waals surface area contributed by atoms with E-state index >= 15 is 0 Å². The second-order valence-corrected chi connectivity index (χ2v) is 5.18. The smallest absolute Gasteiger partial charge is 0.142 e. The Hall–Kier alpha value is -2.40. The highest BCUT2D eigenvalue weighted by molar-refractivity contribution is 5.86. The molecule has 5 nitrogen and oxygen atoms in total. The number of hydrogen-bond donors (Lipinski definition) is 3. The van der Waals surface area contributed by atoms with Gasteiger partial charge in [-0.1, -0.05) is 29.8 Å². The normalized spacial score (nSPS) is 12.5. The number of anilines is 1. The molecule has 0 amide bonds. The summed E-state index contributed by atoms with van der Waals surface area (Å²) in [5, 5.41) is 13.8. The summed E-state index contributed by atoms with van der Waals surface area (Å²) in [5.41, 5.74) is 3.21. The van der Waals surface area contributed by atoms with Crippen molar-refractivity contribution in [3.05, 3.63) is 54.0 Å². The molecule has 108 valence electrons. The van der Waals surface area contributed by atoms with Gasteiger partial charge < -0.3 is 15.4 Å². The second kappa shape index (κ2) is 5.93. The lowest BCUT2D eigenvalue weighted by atomic mass is 10.0. The van der Waals surface area contributed by atoms with Gasteiger partial charge in [-0.05, 0) is 25.0 Å². The molecule has 0 radical (unpaired) electrons. The highest BCUT2D eigenvalue weighted by atomic mass is 16.3. The molecule has 0 spiro atoms. The first kappa shape index (κ1) is 13.6. The monoisotopic (exact) mass is 282 g/mol. The maximum atomic E-state index is 9.61. The van der Waals surface area contributed by atoms with Crippen molar-refractivity contribution in [3.63, 3.8) is 0 Å². The molecule has 1 aromatic carbocycles. The maximum Gasteiger partial charge on any atom is 0.142 e. The van der Waals surface area contributed by atoms with Gasteiger partial charge in [-0.3, -0.25) is 0 Å². The Labute approximate surface area is 123 Å². The van der Waals surface area contributed by atoms with Crippen molar-refractivity contribution in [3.8, 4) is 0 Å². The molecule has 0 saturated carbocycles. The molecule has 2 aromatic heterocycles. The molecule has 21 heavy (non-hydrogen) atoms. The van der Waals surface area contributed by atoms with E-state index in [-0.39, 0.29) is 12.6 Å². The van der Waals surface area contributed by atoms with Crippen LogP contribution in [0.5, 0.6) is 0 Å². The summed E-state index contributed by atoms with van der Waals surface area (Å²) >= 11 is 0. The van der Waals surface area contributed by atoms with Gasteiger partial charge in [0.15, 0.2) is 0 Å². The number of aryl methyl sites for hydroxylation is 1. The summed E-state index contributed by atoms with van der Waals surface area (Å²) in [6.07, 6.45) is 4.09. The molecule has 5 heteroatoms. The number of aliphatic hydroxyl groups excluding tert-OH is 1. The van der Waals surface area contributed by atoms with Gasteiger partial charge in [-0.25, -0.2) is 9.97 Å². The predicted octanol–water partition coefficient (Wildman–Crippen LogP) is 2.28. The number of benzene rings is 1. The van der Waals surface area contributed by atoms with E-state index < -0.39 is 0 Å². The summed E-state index contributed by atoms with van der Waals surface area (Å²) in [6, 6.07) is 10.2. The van der Waals surface area contributed by atoms with Crippen molar-refractivity contribution in [2.45, 2.75) is 19.4 Å². The fraction of sp³-hybridized carbons (Fsp3) is 0.250. The van der Waals surface area contributed by atoms with E-state index in [9.17, 15) is 5.11 Å². The van der Waals surface area contributed by atoms with Crippen LogP contribution in [0.15, 0.2) is 42.9 Å². The number of aliphatic hydroxyl groups is 1. The van der Waals surface area contributed by atoms with E-state index in [1.807, 2.05) is 12.3 Å². The van der Waals surface area contributed by atoms with Crippen molar-refractivity contribution >= 4 is 16.9 Å². The van der Waals surface area contributed by atoms with Crippen LogP contribution < -0.4 is 5.32 Å². The third kappa shape index (κ3) is 3.03. The molecule has 3 aromatic rings. The van der Waals surface area contributed by atoms with Gasteiger partial charge >= 0.3 is 0 Å². The Morgan fingerprint density at radius 2 is 2.00 bits per heavy atom. The Kier molecular flexibility index (Phi) is 3.83. The summed E-state index contributed by atoms with van der Waals surface area (Å²) in [7, 11) is 0. The Bertz CT molecular complexity index is 720. The van der Waals surface area contributed by atoms with Crippen molar-refractivity contribution in [1.82, 2.24) is 15.0 Å². The predicted molar refractivity (Wildman–Crippen MR) is 83.3 cm³/mol. The molecule has 0 bridgehead atoms. The molecule has 0 aliphatic heterocycles. The van der Waals surface area contributed by atoms with Crippen molar-refractivity contribution < 1.29 is 5.11 Å². The van der Waals surface area contributed by atoms with Gasteiger partial charge in [0.25, 0.3) is 0 Å². The van der Waals surface area contributed by atoms with Crippen molar-refractivity contribution in [2.24, 2.45) is 0 Å². The van der Waals surface area contributed by atoms with Crippen molar-refractivity contribution in [2.75, 3.05) is 11.9 Å². The van der Waals surface area contributed by atoms with Crippen LogP contribution in [-0.4, -0.2) is 32.7 Å². The average molecular weight is 282 g/mol. The van der Waals surface area contributed by atoms with Gasteiger partial charge in [0, 0.05) is 6.20 Å². The van der Waals surface area contributed by atoms with Gasteiger partial charge in [-0.15, -0.1) is 0 Å². The van der Waals surface area contributed by atoms with Crippen LogP contribution in [0.1, 0.15) is 11.1 Å². The third-order valence-corrected chi connectivity index (χ3v) is 3.52. The minimum absolute atomic E-state index is 0.0454. The minimum atomic E-state index is -0.0827. The molecule has 1 atom stereocenters. The highest BCUT2D eigenvalue weighted by Gasteiger charge is 2.12. The van der Waals surface area contributed by atoms with E-state index in [1.165, 1.54) is 17.5 Å². The largest absolute Gasteiger partial charge is 0.394 e. The second-order valence-electron chi connectivity index (χ2n) is 5.18. The van der Waals surface area contributed by atoms with E-state index in [2.05, 4.69) is 51.5 Å². The zero-order chi connectivity index (χ0) is 14.7. The van der Waals surface area contributed by atoms with Crippen LogP contribution in [0.4, 0.5) is 5.82 Å². The van der Waals surface area contributed by atoms with E-state index in [0.29, 0.717) is 0 Å². The summed E-state index contributed by atoms with van der Waals surface area (Å²) in [4.78, 5) is 11.5. The van der Waals surface area contributed by atoms with Crippen LogP contribution in [-0.2, 0) is 6.42 Å². The van der Waals surface area contributed by atoms with E-state index in [0.717, 1.165) is 23.3 Å². The average Bonchev–Trinajstić information content (AvgIpc) is 2.98. The number of nitrogens with one attached hydrogen (secondary N) is 2. The first-order valence-electron chi connectivity index (χ1n) is 6.97. The summed E-state index contributed by atoms with van der Waals surface area (Å²) in [5.74, 6) is 0.743. The minimum Gasteiger partial charge on any atom is -0.394 e. The lowest BCUT2D eigenvalue weighted by molar-refractivity contribution is 0.273. The first-order valence-corrected chi connectivity index (χ1v) is 6.97. The van der Waals surface area contributed by atoms with Gasteiger partial charge in [0.1, 0.15) is 17.8 Å². The molecular formula is C16H18N4O. The van der Waals surface area contributed by atoms with Crippen LogP contribution in [0.3, 0.4) is 0 Å². The number of H-pyrrole nitrogens is 1. The van der Waals surface area contributed by atoms with Crippen LogP contribution >= 0.6 is 0 Å². The van der Waals surface area contributed by atoms with E-state index in [1.54, 1.807) is 0 Å².